The Morgan fingerprint density at radius 1 is 1.41 bits per heavy atom. The van der Waals surface area contributed by atoms with Crippen molar-refractivity contribution in [3.05, 3.63) is 0 Å². The molecule has 0 aliphatic heterocycles. The number of rotatable bonds is 3. The second-order valence-corrected chi connectivity index (χ2v) is 6.16. The van der Waals surface area contributed by atoms with Gasteiger partial charge in [-0.3, -0.25) is 0 Å². The predicted octanol–water partition coefficient (Wildman–Crippen LogP) is 3.97. The van der Waals surface area contributed by atoms with Crippen molar-refractivity contribution >= 4 is 25.1 Å². The van der Waals surface area contributed by atoms with Crippen molar-refractivity contribution in [2.24, 2.45) is 5.92 Å². The van der Waals surface area contributed by atoms with Gasteiger partial charge in [0.15, 0.2) is 0 Å². The standard InChI is InChI=1S/C14H26BNS/c1-5-11-12(16(4)13(17)6-2)9-7-8-10-14(11,3)15/h11-12H,5-10H2,1-4H3. The molecule has 0 bridgehead atoms. The van der Waals surface area contributed by atoms with Crippen molar-refractivity contribution < 1.29 is 0 Å². The first-order valence-electron chi connectivity index (χ1n) is 6.98. The van der Waals surface area contributed by atoms with E-state index in [9.17, 15) is 0 Å². The van der Waals surface area contributed by atoms with Crippen LogP contribution in [0, 0.1) is 5.92 Å². The van der Waals surface area contributed by atoms with Crippen LogP contribution in [0.3, 0.4) is 0 Å². The topological polar surface area (TPSA) is 3.24 Å². The molecule has 96 valence electrons. The monoisotopic (exact) mass is 251 g/mol. The van der Waals surface area contributed by atoms with Gasteiger partial charge in [-0.2, -0.15) is 0 Å². The Hall–Kier alpha value is -0.0451. The first kappa shape index (κ1) is 15.0. The summed E-state index contributed by atoms with van der Waals surface area (Å²) < 4.78 is 0. The fraction of sp³-hybridized carbons (Fsp3) is 0.929. The molecule has 1 saturated carbocycles. The fourth-order valence-corrected chi connectivity index (χ4v) is 3.46. The molecule has 0 amide bonds. The minimum absolute atomic E-state index is 0.0342. The summed E-state index contributed by atoms with van der Waals surface area (Å²) in [5.41, 5.74) is 0. The number of hydrogen-bond acceptors (Lipinski definition) is 1. The molecule has 3 heteroatoms. The lowest BCUT2D eigenvalue weighted by atomic mass is 9.57. The van der Waals surface area contributed by atoms with E-state index in [0.717, 1.165) is 24.3 Å². The van der Waals surface area contributed by atoms with E-state index in [1.807, 2.05) is 0 Å². The van der Waals surface area contributed by atoms with Crippen molar-refractivity contribution in [1.29, 1.82) is 0 Å². The van der Waals surface area contributed by atoms with E-state index in [1.54, 1.807) is 0 Å². The highest BCUT2D eigenvalue weighted by atomic mass is 32.1. The van der Waals surface area contributed by atoms with Crippen molar-refractivity contribution in [3.8, 4) is 0 Å². The van der Waals surface area contributed by atoms with Crippen LogP contribution in [0.15, 0.2) is 0 Å². The summed E-state index contributed by atoms with van der Waals surface area (Å²) in [5.74, 6) is 0.555. The summed E-state index contributed by atoms with van der Waals surface area (Å²) in [6.45, 7) is 6.62. The maximum Gasteiger partial charge on any atom is 0.0776 e. The van der Waals surface area contributed by atoms with E-state index in [1.165, 1.54) is 19.3 Å². The van der Waals surface area contributed by atoms with Gasteiger partial charge in [0.2, 0.25) is 0 Å². The van der Waals surface area contributed by atoms with E-state index in [2.05, 4.69) is 32.7 Å². The molecule has 1 aliphatic carbocycles. The average Bonchev–Trinajstić information content (AvgIpc) is 2.44. The zero-order valence-electron chi connectivity index (χ0n) is 11.8. The van der Waals surface area contributed by atoms with E-state index in [0.29, 0.717) is 12.0 Å². The molecule has 0 N–H and O–H groups in total. The summed E-state index contributed by atoms with van der Waals surface area (Å²) in [6, 6.07) is 0.532. The van der Waals surface area contributed by atoms with Gasteiger partial charge < -0.3 is 4.90 Å². The van der Waals surface area contributed by atoms with Crippen molar-refractivity contribution in [2.75, 3.05) is 7.05 Å². The number of hydrogen-bond donors (Lipinski definition) is 0. The average molecular weight is 251 g/mol. The van der Waals surface area contributed by atoms with Crippen molar-refractivity contribution in [1.82, 2.24) is 4.90 Å². The molecule has 3 unspecified atom stereocenters. The first-order chi connectivity index (χ1) is 7.94. The molecule has 1 fully saturated rings. The van der Waals surface area contributed by atoms with Gasteiger partial charge in [0.05, 0.1) is 12.8 Å². The lowest BCUT2D eigenvalue weighted by molar-refractivity contribution is 0.203. The molecular formula is C14H26BNS. The van der Waals surface area contributed by atoms with E-state index in [-0.39, 0.29) is 5.31 Å². The Labute approximate surface area is 114 Å². The van der Waals surface area contributed by atoms with Gasteiger partial charge in [-0.1, -0.05) is 64.0 Å². The van der Waals surface area contributed by atoms with Crippen LogP contribution in [-0.4, -0.2) is 30.8 Å². The van der Waals surface area contributed by atoms with Gasteiger partial charge in [0.1, 0.15) is 0 Å². The molecule has 0 aromatic heterocycles. The Morgan fingerprint density at radius 3 is 2.59 bits per heavy atom. The first-order valence-corrected chi connectivity index (χ1v) is 7.39. The molecule has 3 atom stereocenters. The van der Waals surface area contributed by atoms with Crippen LogP contribution in [0.2, 0.25) is 5.31 Å². The molecule has 1 nitrogen and oxygen atoms in total. The van der Waals surface area contributed by atoms with Crippen LogP contribution in [0.5, 0.6) is 0 Å². The zero-order valence-corrected chi connectivity index (χ0v) is 12.6. The molecule has 1 aliphatic rings. The molecule has 0 heterocycles. The van der Waals surface area contributed by atoms with Gasteiger partial charge in [0.25, 0.3) is 0 Å². The Bertz CT molecular complexity index is 265. The maximum absolute atomic E-state index is 6.53. The maximum atomic E-state index is 6.53. The highest BCUT2D eigenvalue weighted by Gasteiger charge is 2.37. The molecular weight excluding hydrogens is 225 g/mol. The van der Waals surface area contributed by atoms with Crippen LogP contribution < -0.4 is 0 Å². The molecule has 1 rings (SSSR count). The van der Waals surface area contributed by atoms with E-state index < -0.39 is 0 Å². The van der Waals surface area contributed by atoms with Crippen LogP contribution in [0.1, 0.15) is 59.3 Å². The van der Waals surface area contributed by atoms with E-state index in [4.69, 9.17) is 20.1 Å². The molecule has 17 heavy (non-hydrogen) atoms. The van der Waals surface area contributed by atoms with Gasteiger partial charge in [-0.05, 0) is 18.8 Å². The Kier molecular flexibility index (Phi) is 5.49. The third kappa shape index (κ3) is 3.46. The van der Waals surface area contributed by atoms with Crippen LogP contribution in [-0.2, 0) is 0 Å². The molecule has 0 saturated heterocycles. The quantitative estimate of drug-likeness (QED) is 0.424. The van der Waals surface area contributed by atoms with Crippen LogP contribution in [0.25, 0.3) is 0 Å². The predicted molar refractivity (Wildman–Crippen MR) is 80.8 cm³/mol. The minimum atomic E-state index is -0.0342. The fourth-order valence-electron chi connectivity index (χ4n) is 3.32. The van der Waals surface area contributed by atoms with Crippen molar-refractivity contribution in [3.63, 3.8) is 0 Å². The summed E-state index contributed by atoms with van der Waals surface area (Å²) in [7, 11) is 8.69. The smallest absolute Gasteiger partial charge is 0.0776 e. The molecule has 2 radical (unpaired) electrons. The summed E-state index contributed by atoms with van der Waals surface area (Å²) in [4.78, 5) is 3.39. The highest BCUT2D eigenvalue weighted by Crippen LogP contribution is 2.46. The highest BCUT2D eigenvalue weighted by molar-refractivity contribution is 7.80. The lowest BCUT2D eigenvalue weighted by Gasteiger charge is -2.42. The van der Waals surface area contributed by atoms with Gasteiger partial charge in [0, 0.05) is 13.1 Å². The van der Waals surface area contributed by atoms with E-state index >= 15 is 0 Å². The summed E-state index contributed by atoms with van der Waals surface area (Å²) >= 11 is 5.46. The van der Waals surface area contributed by atoms with Gasteiger partial charge >= 0.3 is 0 Å². The second-order valence-electron chi connectivity index (χ2n) is 5.69. The number of nitrogens with zero attached hydrogens (tertiary/aromatic N) is 1. The van der Waals surface area contributed by atoms with Crippen molar-refractivity contribution in [2.45, 2.75) is 70.7 Å². The van der Waals surface area contributed by atoms with Crippen LogP contribution >= 0.6 is 12.2 Å². The third-order valence-corrected chi connectivity index (χ3v) is 4.99. The normalized spacial score (nSPS) is 34.1. The summed E-state index contributed by atoms with van der Waals surface area (Å²) in [5, 5.41) is -0.0342. The zero-order chi connectivity index (χ0) is 13.1. The lowest BCUT2D eigenvalue weighted by Crippen LogP contribution is -2.43. The molecule has 0 aromatic rings. The van der Waals surface area contributed by atoms with Gasteiger partial charge in [-0.25, -0.2) is 0 Å². The Morgan fingerprint density at radius 2 is 2.06 bits per heavy atom. The number of thiocarbonyl (C=S) groups is 1. The molecule has 0 spiro atoms. The largest absolute Gasteiger partial charge is 0.366 e. The molecule has 0 aromatic carbocycles. The second kappa shape index (κ2) is 6.22. The minimum Gasteiger partial charge on any atom is -0.366 e. The SMILES string of the molecule is [B]C1(C)CCCCC(N(C)C(=S)CC)C1CC. The Balaban J connectivity index is 2.89. The van der Waals surface area contributed by atoms with Crippen LogP contribution in [0.4, 0.5) is 0 Å². The summed E-state index contributed by atoms with van der Waals surface area (Å²) in [6.07, 6.45) is 7.03. The third-order valence-electron chi connectivity index (χ3n) is 4.41. The van der Waals surface area contributed by atoms with Gasteiger partial charge in [-0.15, -0.1) is 0 Å².